The van der Waals surface area contributed by atoms with Crippen molar-refractivity contribution in [3.63, 3.8) is 0 Å². The van der Waals surface area contributed by atoms with Gasteiger partial charge < -0.3 is 89.9 Å². The highest BCUT2D eigenvalue weighted by Crippen LogP contribution is 2.33. The van der Waals surface area contributed by atoms with Crippen LogP contribution < -0.4 is 5.32 Å². The average Bonchev–Trinajstić information content (AvgIpc) is 1.08. The molecule has 3 aliphatic rings. The summed E-state index contributed by atoms with van der Waals surface area (Å²) in [5.74, 6) is -0.275. The van der Waals surface area contributed by atoms with Gasteiger partial charge in [0.1, 0.15) is 73.2 Å². The molecule has 0 spiro atoms. The van der Waals surface area contributed by atoms with Gasteiger partial charge in [-0.15, -0.1) is 0 Å². The Bertz CT molecular complexity index is 1820. The number of hydrogen-bond donors (Lipinski definition) is 12. The lowest BCUT2D eigenvalue weighted by molar-refractivity contribution is -0.379. The number of carbonyl (C=O) groups excluding carboxylic acids is 1. The standard InChI is InChI=1S/C71H129NO18/c1-3-5-7-9-11-13-15-16-17-18-19-20-21-22-23-24-25-26-27-28-29-30-31-32-33-34-35-36-37-38-39-41-43-45-47-49-59(77)72-54(55(76)48-46-44-42-40-14-12-10-8-6-4-2)53-85-69-65(83)62(80)67(57(51-74)87-69)90-71-66(84)63(81)68(58(52-75)88-71)89-70-64(82)61(79)60(78)56(50-73)86-70/h15-16,18-19,21-22,46,48,54-58,60-71,73-76,78-84H,3-14,17,20,23-45,47,49-53H2,1-2H3,(H,72,77)/b16-15-,19-18-,22-21-,48-46+. The highest BCUT2D eigenvalue weighted by molar-refractivity contribution is 5.76. The van der Waals surface area contributed by atoms with E-state index in [1.807, 2.05) is 6.08 Å². The van der Waals surface area contributed by atoms with E-state index in [0.717, 1.165) is 57.8 Å². The summed E-state index contributed by atoms with van der Waals surface area (Å²) in [6.07, 6.45) is 37.0. The first kappa shape index (κ1) is 82.0. The molecule has 3 heterocycles. The molecule has 17 unspecified atom stereocenters. The molecule has 3 aliphatic heterocycles. The Morgan fingerprint density at radius 2 is 0.733 bits per heavy atom. The van der Waals surface area contributed by atoms with Gasteiger partial charge in [-0.25, -0.2) is 0 Å². The molecule has 0 aromatic carbocycles. The van der Waals surface area contributed by atoms with Gasteiger partial charge >= 0.3 is 0 Å². The van der Waals surface area contributed by atoms with Crippen LogP contribution >= 0.6 is 0 Å². The molecule has 0 aliphatic carbocycles. The Kier molecular flexibility index (Phi) is 48.2. The van der Waals surface area contributed by atoms with Crippen LogP contribution in [0.3, 0.4) is 0 Å². The molecule has 3 fully saturated rings. The Morgan fingerprint density at radius 1 is 0.400 bits per heavy atom. The van der Waals surface area contributed by atoms with E-state index < -0.39 is 124 Å². The van der Waals surface area contributed by atoms with Crippen molar-refractivity contribution in [3.05, 3.63) is 48.6 Å². The number of carbonyl (C=O) groups is 1. The van der Waals surface area contributed by atoms with Crippen LogP contribution in [0.1, 0.15) is 264 Å². The second-order valence-electron chi connectivity index (χ2n) is 25.7. The maximum atomic E-state index is 13.4. The van der Waals surface area contributed by atoms with Crippen LogP contribution in [-0.2, 0) is 33.2 Å². The predicted octanol–water partition coefficient (Wildman–Crippen LogP) is 9.78. The lowest BCUT2D eigenvalue weighted by Gasteiger charge is -2.48. The number of nitrogens with one attached hydrogen (secondary N) is 1. The molecule has 0 bridgehead atoms. The molecule has 0 saturated carbocycles. The summed E-state index contributed by atoms with van der Waals surface area (Å²) in [6.45, 7) is 1.70. The van der Waals surface area contributed by atoms with Gasteiger partial charge in [0.15, 0.2) is 18.9 Å². The van der Waals surface area contributed by atoms with Crippen molar-refractivity contribution in [3.8, 4) is 0 Å². The van der Waals surface area contributed by atoms with Crippen LogP contribution in [0.2, 0.25) is 0 Å². The summed E-state index contributed by atoms with van der Waals surface area (Å²) in [4.78, 5) is 13.4. The lowest BCUT2D eigenvalue weighted by Crippen LogP contribution is -2.66. The zero-order chi connectivity index (χ0) is 65.4. The van der Waals surface area contributed by atoms with E-state index in [9.17, 15) is 61.0 Å². The fourth-order valence-corrected chi connectivity index (χ4v) is 12.0. The van der Waals surface area contributed by atoms with Crippen molar-refractivity contribution in [2.75, 3.05) is 26.4 Å². The van der Waals surface area contributed by atoms with Crippen molar-refractivity contribution >= 4 is 5.91 Å². The highest BCUT2D eigenvalue weighted by atomic mass is 16.8. The van der Waals surface area contributed by atoms with Gasteiger partial charge in [-0.1, -0.05) is 249 Å². The fourth-order valence-electron chi connectivity index (χ4n) is 12.0. The van der Waals surface area contributed by atoms with Gasteiger partial charge in [0.05, 0.1) is 38.6 Å². The first-order chi connectivity index (χ1) is 43.8. The minimum absolute atomic E-state index is 0.245. The first-order valence-corrected chi connectivity index (χ1v) is 35.9. The zero-order valence-electron chi connectivity index (χ0n) is 55.6. The highest BCUT2D eigenvalue weighted by Gasteiger charge is 2.53. The minimum atomic E-state index is -1.98. The van der Waals surface area contributed by atoms with Crippen molar-refractivity contribution in [2.45, 2.75) is 369 Å². The van der Waals surface area contributed by atoms with Gasteiger partial charge in [0.2, 0.25) is 5.91 Å². The van der Waals surface area contributed by atoms with Crippen LogP contribution in [0, 0.1) is 0 Å². The molecule has 90 heavy (non-hydrogen) atoms. The molecule has 3 saturated heterocycles. The van der Waals surface area contributed by atoms with Gasteiger partial charge in [-0.2, -0.15) is 0 Å². The van der Waals surface area contributed by atoms with Gasteiger partial charge in [0, 0.05) is 6.42 Å². The van der Waals surface area contributed by atoms with Crippen molar-refractivity contribution in [2.24, 2.45) is 0 Å². The van der Waals surface area contributed by atoms with Crippen LogP contribution in [-0.4, -0.2) is 193 Å². The largest absolute Gasteiger partial charge is 0.394 e. The third-order valence-electron chi connectivity index (χ3n) is 17.9. The molecule has 17 atom stereocenters. The van der Waals surface area contributed by atoms with Gasteiger partial charge in [-0.3, -0.25) is 4.79 Å². The van der Waals surface area contributed by atoms with E-state index in [0.29, 0.717) is 6.42 Å². The smallest absolute Gasteiger partial charge is 0.220 e. The lowest BCUT2D eigenvalue weighted by atomic mass is 9.96. The maximum Gasteiger partial charge on any atom is 0.220 e. The Hall–Kier alpha value is -2.25. The predicted molar refractivity (Wildman–Crippen MR) is 351 cm³/mol. The van der Waals surface area contributed by atoms with Gasteiger partial charge in [0.25, 0.3) is 0 Å². The molecule has 0 aromatic heterocycles. The Morgan fingerprint density at radius 3 is 1.14 bits per heavy atom. The SMILES string of the molecule is CCCCCCC/C=C\C/C=C\C/C=C\CCCCCCCCCCCCCCCCCCCCCCC(=O)NC(COC1OC(CO)C(OC2OC(CO)C(OC3OC(CO)C(O)C(O)C3O)C(O)C2O)C(O)C1O)C(O)/C=C/CCCCCCCCCC. The minimum Gasteiger partial charge on any atom is -0.394 e. The van der Waals surface area contributed by atoms with E-state index in [1.165, 1.54) is 180 Å². The molecule has 1 amide bonds. The van der Waals surface area contributed by atoms with Crippen LogP contribution in [0.4, 0.5) is 0 Å². The third-order valence-corrected chi connectivity index (χ3v) is 17.9. The molecule has 19 heteroatoms. The fraction of sp³-hybridized carbons (Fsp3) is 0.873. The van der Waals surface area contributed by atoms with E-state index in [4.69, 9.17) is 28.4 Å². The molecule has 526 valence electrons. The van der Waals surface area contributed by atoms with Crippen LogP contribution in [0.5, 0.6) is 0 Å². The van der Waals surface area contributed by atoms with E-state index in [1.54, 1.807) is 6.08 Å². The van der Waals surface area contributed by atoms with Crippen LogP contribution in [0.25, 0.3) is 0 Å². The average molecular weight is 1280 g/mol. The number of aliphatic hydroxyl groups is 11. The maximum absolute atomic E-state index is 13.4. The summed E-state index contributed by atoms with van der Waals surface area (Å²) in [5.41, 5.74) is 0. The van der Waals surface area contributed by atoms with Crippen molar-refractivity contribution < 1.29 is 89.4 Å². The van der Waals surface area contributed by atoms with E-state index in [2.05, 4.69) is 55.6 Å². The Balaban J connectivity index is 1.31. The monoisotopic (exact) mass is 1280 g/mol. The summed E-state index contributed by atoms with van der Waals surface area (Å²) >= 11 is 0. The summed E-state index contributed by atoms with van der Waals surface area (Å²) < 4.78 is 34.3. The van der Waals surface area contributed by atoms with Crippen LogP contribution in [0.15, 0.2) is 48.6 Å². The van der Waals surface area contributed by atoms with E-state index in [-0.39, 0.29) is 18.9 Å². The summed E-state index contributed by atoms with van der Waals surface area (Å²) in [5, 5.41) is 120. The number of ether oxygens (including phenoxy) is 6. The second-order valence-corrected chi connectivity index (χ2v) is 25.7. The van der Waals surface area contributed by atoms with E-state index >= 15 is 0 Å². The normalized spacial score (nSPS) is 28.3. The summed E-state index contributed by atoms with van der Waals surface area (Å²) in [7, 11) is 0. The number of amides is 1. The topological polar surface area (TPSA) is 307 Å². The third kappa shape index (κ3) is 34.4. The first-order valence-electron chi connectivity index (χ1n) is 35.9. The number of hydrogen-bond acceptors (Lipinski definition) is 18. The molecule has 3 rings (SSSR count). The molecule has 0 aromatic rings. The molecule has 12 N–H and O–H groups in total. The molecular weight excluding hydrogens is 1150 g/mol. The molecular formula is C71H129NO18. The molecule has 19 nitrogen and oxygen atoms in total. The number of unbranched alkanes of at least 4 members (excludes halogenated alkanes) is 33. The van der Waals surface area contributed by atoms with Gasteiger partial charge in [-0.05, 0) is 57.8 Å². The van der Waals surface area contributed by atoms with Crippen molar-refractivity contribution in [1.29, 1.82) is 0 Å². The number of rotatable bonds is 55. The summed E-state index contributed by atoms with van der Waals surface area (Å²) in [6, 6.07) is -0.971. The number of allylic oxidation sites excluding steroid dienone is 7. The Labute approximate surface area is 542 Å². The number of aliphatic hydroxyl groups excluding tert-OH is 11. The quantitative estimate of drug-likeness (QED) is 0.0199. The zero-order valence-corrected chi connectivity index (χ0v) is 55.6. The van der Waals surface area contributed by atoms with Crippen molar-refractivity contribution in [1.82, 2.24) is 5.32 Å². The molecule has 0 radical (unpaired) electrons. The second kappa shape index (κ2) is 53.0.